The monoisotopic (exact) mass is 349 g/mol. The quantitative estimate of drug-likeness (QED) is 0.893. The smallest absolute Gasteiger partial charge is 0.262 e. The molecule has 21 heavy (non-hydrogen) atoms. The van der Waals surface area contributed by atoms with Crippen LogP contribution in [0, 0.1) is 6.92 Å². The molecule has 0 aliphatic rings. The molecule has 2 rings (SSSR count). The lowest BCUT2D eigenvalue weighted by molar-refractivity contribution is -0.118. The highest BCUT2D eigenvalue weighted by Crippen LogP contribution is 2.27. The lowest BCUT2D eigenvalue weighted by atomic mass is 10.2. The number of rotatable bonds is 5. The molecule has 0 spiro atoms. The van der Waals surface area contributed by atoms with Crippen LogP contribution in [0.15, 0.2) is 46.9 Å². The number of methoxy groups -OCH3 is 1. The van der Waals surface area contributed by atoms with Gasteiger partial charge in [0.15, 0.2) is 18.1 Å². The van der Waals surface area contributed by atoms with Gasteiger partial charge in [0.05, 0.1) is 7.11 Å². The molecule has 110 valence electrons. The van der Waals surface area contributed by atoms with Crippen LogP contribution in [0.4, 0.5) is 5.69 Å². The number of ether oxygens (including phenoxy) is 2. The second-order valence-corrected chi connectivity index (χ2v) is 5.42. The molecule has 0 aliphatic carbocycles. The standard InChI is InChI=1S/C16H16BrNO3/c1-11-6-7-14(15(8-11)20-2)21-10-16(19)18-13-5-3-4-12(17)9-13/h3-9H,10H2,1-2H3,(H,18,19). The number of anilines is 1. The second kappa shape index (κ2) is 7.13. The van der Waals surface area contributed by atoms with E-state index in [4.69, 9.17) is 9.47 Å². The number of amides is 1. The molecule has 0 aromatic heterocycles. The van der Waals surface area contributed by atoms with E-state index >= 15 is 0 Å². The number of hydrogen-bond donors (Lipinski definition) is 1. The summed E-state index contributed by atoms with van der Waals surface area (Å²) in [4.78, 5) is 11.9. The molecule has 0 radical (unpaired) electrons. The van der Waals surface area contributed by atoms with Crippen LogP contribution in [-0.4, -0.2) is 19.6 Å². The van der Waals surface area contributed by atoms with Gasteiger partial charge in [0.2, 0.25) is 0 Å². The van der Waals surface area contributed by atoms with Crippen LogP contribution in [-0.2, 0) is 4.79 Å². The van der Waals surface area contributed by atoms with Crippen molar-refractivity contribution >= 4 is 27.5 Å². The number of aryl methyl sites for hydroxylation is 1. The maximum absolute atomic E-state index is 11.9. The largest absolute Gasteiger partial charge is 0.493 e. The normalized spacial score (nSPS) is 10.0. The first kappa shape index (κ1) is 15.4. The van der Waals surface area contributed by atoms with Crippen molar-refractivity contribution in [2.45, 2.75) is 6.92 Å². The van der Waals surface area contributed by atoms with Gasteiger partial charge in [0, 0.05) is 10.2 Å². The van der Waals surface area contributed by atoms with E-state index in [0.717, 1.165) is 10.0 Å². The molecule has 5 heteroatoms. The Bertz CT molecular complexity index is 643. The lowest BCUT2D eigenvalue weighted by Crippen LogP contribution is -2.20. The fourth-order valence-corrected chi connectivity index (χ4v) is 2.20. The van der Waals surface area contributed by atoms with E-state index in [1.54, 1.807) is 13.2 Å². The Kier molecular flexibility index (Phi) is 5.22. The zero-order valence-electron chi connectivity index (χ0n) is 11.9. The topological polar surface area (TPSA) is 47.6 Å². The number of nitrogens with one attached hydrogen (secondary N) is 1. The molecule has 0 fully saturated rings. The number of carbonyl (C=O) groups excluding carboxylic acids is 1. The fraction of sp³-hybridized carbons (Fsp3) is 0.188. The third-order valence-electron chi connectivity index (χ3n) is 2.79. The highest BCUT2D eigenvalue weighted by atomic mass is 79.9. The van der Waals surface area contributed by atoms with Crippen molar-refractivity contribution in [3.63, 3.8) is 0 Å². The van der Waals surface area contributed by atoms with Crippen molar-refractivity contribution in [3.8, 4) is 11.5 Å². The molecular weight excluding hydrogens is 334 g/mol. The first-order valence-electron chi connectivity index (χ1n) is 6.41. The molecule has 2 aromatic carbocycles. The Balaban J connectivity index is 1.95. The molecule has 0 bridgehead atoms. The number of hydrogen-bond acceptors (Lipinski definition) is 3. The summed E-state index contributed by atoms with van der Waals surface area (Å²) in [6, 6.07) is 12.9. The van der Waals surface area contributed by atoms with E-state index in [1.165, 1.54) is 0 Å². The maximum atomic E-state index is 11.9. The Morgan fingerprint density at radius 3 is 2.71 bits per heavy atom. The second-order valence-electron chi connectivity index (χ2n) is 4.50. The van der Waals surface area contributed by atoms with Gasteiger partial charge < -0.3 is 14.8 Å². The van der Waals surface area contributed by atoms with Crippen molar-refractivity contribution in [1.29, 1.82) is 0 Å². The van der Waals surface area contributed by atoms with Gasteiger partial charge >= 0.3 is 0 Å². The summed E-state index contributed by atoms with van der Waals surface area (Å²) in [6.07, 6.45) is 0. The summed E-state index contributed by atoms with van der Waals surface area (Å²) in [5.74, 6) is 0.938. The van der Waals surface area contributed by atoms with Gasteiger partial charge in [-0.05, 0) is 42.8 Å². The molecule has 0 heterocycles. The van der Waals surface area contributed by atoms with Crippen molar-refractivity contribution in [2.24, 2.45) is 0 Å². The van der Waals surface area contributed by atoms with Crippen molar-refractivity contribution in [2.75, 3.05) is 19.0 Å². The molecule has 4 nitrogen and oxygen atoms in total. The van der Waals surface area contributed by atoms with Crippen LogP contribution in [0.3, 0.4) is 0 Å². The van der Waals surface area contributed by atoms with Crippen LogP contribution < -0.4 is 14.8 Å². The predicted molar refractivity (Wildman–Crippen MR) is 86.0 cm³/mol. The third kappa shape index (κ3) is 4.49. The summed E-state index contributed by atoms with van der Waals surface area (Å²) >= 11 is 3.35. The van der Waals surface area contributed by atoms with Crippen LogP contribution >= 0.6 is 15.9 Å². The van der Waals surface area contributed by atoms with E-state index in [0.29, 0.717) is 17.2 Å². The molecule has 0 aliphatic heterocycles. The van der Waals surface area contributed by atoms with E-state index in [2.05, 4.69) is 21.2 Å². The molecule has 0 unspecified atom stereocenters. The van der Waals surface area contributed by atoms with E-state index in [-0.39, 0.29) is 12.5 Å². The van der Waals surface area contributed by atoms with Crippen LogP contribution in [0.5, 0.6) is 11.5 Å². The van der Waals surface area contributed by atoms with Crippen LogP contribution in [0.25, 0.3) is 0 Å². The fourth-order valence-electron chi connectivity index (χ4n) is 1.80. The maximum Gasteiger partial charge on any atom is 0.262 e. The highest BCUT2D eigenvalue weighted by molar-refractivity contribution is 9.10. The summed E-state index contributed by atoms with van der Waals surface area (Å²) in [5.41, 5.74) is 1.78. The molecule has 1 N–H and O–H groups in total. The summed E-state index contributed by atoms with van der Waals surface area (Å²) in [7, 11) is 1.57. The Hall–Kier alpha value is -2.01. The van der Waals surface area contributed by atoms with Gasteiger partial charge in [0.25, 0.3) is 5.91 Å². The van der Waals surface area contributed by atoms with Gasteiger partial charge in [-0.3, -0.25) is 4.79 Å². The molecule has 0 saturated carbocycles. The summed E-state index contributed by atoms with van der Waals surface area (Å²) in [6.45, 7) is 1.89. The number of benzene rings is 2. The third-order valence-corrected chi connectivity index (χ3v) is 3.28. The SMILES string of the molecule is COc1cc(C)ccc1OCC(=O)Nc1cccc(Br)c1. The van der Waals surface area contributed by atoms with Crippen molar-refractivity contribution < 1.29 is 14.3 Å². The van der Waals surface area contributed by atoms with Gasteiger partial charge in [-0.1, -0.05) is 28.1 Å². The zero-order valence-corrected chi connectivity index (χ0v) is 13.4. The van der Waals surface area contributed by atoms with Gasteiger partial charge in [-0.15, -0.1) is 0 Å². The van der Waals surface area contributed by atoms with E-state index in [1.807, 2.05) is 43.3 Å². The predicted octanol–water partition coefficient (Wildman–Crippen LogP) is 3.78. The first-order chi connectivity index (χ1) is 10.1. The van der Waals surface area contributed by atoms with Gasteiger partial charge in [-0.2, -0.15) is 0 Å². The van der Waals surface area contributed by atoms with Gasteiger partial charge in [0.1, 0.15) is 0 Å². The van der Waals surface area contributed by atoms with Crippen LogP contribution in [0.1, 0.15) is 5.56 Å². The molecule has 1 amide bonds. The molecule has 0 atom stereocenters. The average Bonchev–Trinajstić information content (AvgIpc) is 2.45. The van der Waals surface area contributed by atoms with Crippen molar-refractivity contribution in [1.82, 2.24) is 0 Å². The first-order valence-corrected chi connectivity index (χ1v) is 7.20. The zero-order chi connectivity index (χ0) is 15.2. The minimum Gasteiger partial charge on any atom is -0.493 e. The lowest BCUT2D eigenvalue weighted by Gasteiger charge is -2.11. The number of halogens is 1. The molecular formula is C16H16BrNO3. The summed E-state index contributed by atoms with van der Waals surface area (Å²) < 4.78 is 11.6. The number of carbonyl (C=O) groups is 1. The van der Waals surface area contributed by atoms with E-state index in [9.17, 15) is 4.79 Å². The molecule has 0 saturated heterocycles. The Morgan fingerprint density at radius 1 is 1.19 bits per heavy atom. The average molecular weight is 350 g/mol. The highest BCUT2D eigenvalue weighted by Gasteiger charge is 2.08. The summed E-state index contributed by atoms with van der Waals surface area (Å²) in [5, 5.41) is 2.77. The van der Waals surface area contributed by atoms with Gasteiger partial charge in [-0.25, -0.2) is 0 Å². The van der Waals surface area contributed by atoms with E-state index < -0.39 is 0 Å². The molecule has 2 aromatic rings. The Morgan fingerprint density at radius 2 is 2.00 bits per heavy atom. The van der Waals surface area contributed by atoms with Crippen molar-refractivity contribution in [3.05, 3.63) is 52.5 Å². The minimum absolute atomic E-state index is 0.0774. The minimum atomic E-state index is -0.226. The van der Waals surface area contributed by atoms with Crippen LogP contribution in [0.2, 0.25) is 0 Å². The Labute approximate surface area is 132 Å².